The van der Waals surface area contributed by atoms with E-state index in [4.69, 9.17) is 16.7 Å². The van der Waals surface area contributed by atoms with Gasteiger partial charge in [0.05, 0.1) is 21.0 Å². The Morgan fingerprint density at radius 1 is 0.844 bits per heavy atom. The van der Waals surface area contributed by atoms with Crippen molar-refractivity contribution in [2.75, 3.05) is 11.3 Å². The van der Waals surface area contributed by atoms with E-state index < -0.39 is 26.0 Å². The van der Waals surface area contributed by atoms with Gasteiger partial charge in [-0.2, -0.15) is 0 Å². The topological polar surface area (TPSA) is 135 Å². The van der Waals surface area contributed by atoms with Crippen LogP contribution in [-0.4, -0.2) is 29.3 Å². The minimum absolute atomic E-state index is 0.00665. The predicted molar refractivity (Wildman–Crippen MR) is 123 cm³/mol. The molecule has 0 bridgehead atoms. The van der Waals surface area contributed by atoms with Crippen molar-refractivity contribution in [2.24, 2.45) is 5.14 Å². The molecule has 0 aliphatic rings. The van der Waals surface area contributed by atoms with Gasteiger partial charge in [-0.05, 0) is 60.5 Å². The number of nitrogens with one attached hydrogen (secondary N) is 2. The third kappa shape index (κ3) is 6.07. The molecule has 3 rings (SSSR count). The molecule has 0 heterocycles. The average molecular weight is 494 g/mol. The molecule has 3 aromatic carbocycles. The Bertz CT molecular complexity index is 1320. The summed E-state index contributed by atoms with van der Waals surface area (Å²) in [4.78, 5) is 12.7. The lowest BCUT2D eigenvalue weighted by Crippen LogP contribution is -2.27. The van der Waals surface area contributed by atoms with Gasteiger partial charge in [0.25, 0.3) is 15.9 Å². The number of amides is 1. The third-order valence-electron chi connectivity index (χ3n) is 4.49. The fourth-order valence-corrected chi connectivity index (χ4v) is 4.57. The van der Waals surface area contributed by atoms with Crippen LogP contribution in [0.1, 0.15) is 15.9 Å². The zero-order valence-electron chi connectivity index (χ0n) is 16.7. The second kappa shape index (κ2) is 9.70. The molecule has 0 saturated heterocycles. The molecule has 0 radical (unpaired) electrons. The number of hydrogen-bond donors (Lipinski definition) is 3. The van der Waals surface area contributed by atoms with Gasteiger partial charge in [-0.1, -0.05) is 35.9 Å². The summed E-state index contributed by atoms with van der Waals surface area (Å²) in [6.45, 7) is 0.256. The van der Waals surface area contributed by atoms with Gasteiger partial charge >= 0.3 is 0 Å². The van der Waals surface area contributed by atoms with Gasteiger partial charge in [-0.3, -0.25) is 9.52 Å². The normalized spacial score (nSPS) is 11.7. The van der Waals surface area contributed by atoms with E-state index in [0.29, 0.717) is 11.4 Å². The molecule has 0 aromatic heterocycles. The van der Waals surface area contributed by atoms with Crippen LogP contribution in [0.15, 0.2) is 82.6 Å². The monoisotopic (exact) mass is 493 g/mol. The van der Waals surface area contributed by atoms with Gasteiger partial charge in [-0.25, -0.2) is 22.0 Å². The van der Waals surface area contributed by atoms with E-state index in [-0.39, 0.29) is 27.6 Å². The summed E-state index contributed by atoms with van der Waals surface area (Å²) in [5.41, 5.74) is 1.10. The maximum atomic E-state index is 12.6. The van der Waals surface area contributed by atoms with Crippen LogP contribution in [0.5, 0.6) is 0 Å². The summed E-state index contributed by atoms with van der Waals surface area (Å²) in [5, 5.41) is 8.21. The number of benzene rings is 3. The summed E-state index contributed by atoms with van der Waals surface area (Å²) in [7, 11) is -7.68. The van der Waals surface area contributed by atoms with Gasteiger partial charge in [0, 0.05) is 11.6 Å². The van der Waals surface area contributed by atoms with Crippen LogP contribution in [0.25, 0.3) is 0 Å². The largest absolute Gasteiger partial charge is 0.352 e. The van der Waals surface area contributed by atoms with Gasteiger partial charge in [0.1, 0.15) is 0 Å². The molecule has 0 spiro atoms. The maximum Gasteiger partial charge on any atom is 0.261 e. The summed E-state index contributed by atoms with van der Waals surface area (Å²) in [5.74, 6) is -0.458. The molecule has 168 valence electrons. The second-order valence-electron chi connectivity index (χ2n) is 6.80. The number of sulfonamides is 2. The van der Waals surface area contributed by atoms with Crippen molar-refractivity contribution >= 4 is 43.2 Å². The van der Waals surface area contributed by atoms with Crippen LogP contribution in [0.3, 0.4) is 0 Å². The fraction of sp³-hybridized carbons (Fsp3) is 0.0952. The molecule has 0 aliphatic heterocycles. The number of hydrogen-bond acceptors (Lipinski definition) is 5. The Kier molecular flexibility index (Phi) is 7.19. The van der Waals surface area contributed by atoms with Crippen LogP contribution < -0.4 is 15.2 Å². The smallest absolute Gasteiger partial charge is 0.261 e. The Morgan fingerprint density at radius 2 is 1.44 bits per heavy atom. The first-order chi connectivity index (χ1) is 15.1. The first-order valence-corrected chi connectivity index (χ1v) is 12.7. The minimum atomic E-state index is -3.91. The zero-order valence-corrected chi connectivity index (χ0v) is 19.0. The summed E-state index contributed by atoms with van der Waals surface area (Å²) in [6.07, 6.45) is 0.440. The molecular formula is C21H20ClN3O5S2. The highest BCUT2D eigenvalue weighted by molar-refractivity contribution is 7.92. The van der Waals surface area contributed by atoms with E-state index in [2.05, 4.69) is 10.0 Å². The number of halogens is 1. The molecule has 3 aromatic rings. The highest BCUT2D eigenvalue weighted by atomic mass is 35.5. The zero-order chi connectivity index (χ0) is 23.4. The Morgan fingerprint density at radius 3 is 2.06 bits per heavy atom. The van der Waals surface area contributed by atoms with Crippen molar-refractivity contribution in [3.8, 4) is 0 Å². The molecule has 0 unspecified atom stereocenters. The standard InChI is InChI=1S/C21H20ClN3O5S2/c22-16-7-11-18(12-8-16)32(29,30)25-20-4-2-1-3-19(20)21(26)24-14-13-15-5-9-17(10-6-15)31(23,27)28/h1-12,25H,13-14H2,(H,24,26)(H2,23,27,28). The molecule has 1 amide bonds. The Hall–Kier alpha value is -2.92. The summed E-state index contributed by atoms with van der Waals surface area (Å²) < 4.78 is 50.3. The Balaban J connectivity index is 1.67. The lowest BCUT2D eigenvalue weighted by Gasteiger charge is -2.13. The van der Waals surface area contributed by atoms with Crippen molar-refractivity contribution in [1.82, 2.24) is 5.32 Å². The van der Waals surface area contributed by atoms with Crippen LogP contribution >= 0.6 is 11.6 Å². The second-order valence-corrected chi connectivity index (χ2v) is 10.5. The van der Waals surface area contributed by atoms with E-state index in [1.54, 1.807) is 24.3 Å². The number of nitrogens with two attached hydrogens (primary N) is 1. The quantitative estimate of drug-likeness (QED) is 0.443. The molecule has 0 saturated carbocycles. The van der Waals surface area contributed by atoms with Crippen molar-refractivity contribution in [3.63, 3.8) is 0 Å². The van der Waals surface area contributed by atoms with E-state index in [0.717, 1.165) is 5.56 Å². The maximum absolute atomic E-state index is 12.6. The first kappa shape index (κ1) is 23.7. The average Bonchev–Trinajstić information content (AvgIpc) is 2.74. The minimum Gasteiger partial charge on any atom is -0.352 e. The van der Waals surface area contributed by atoms with Gasteiger partial charge < -0.3 is 5.32 Å². The van der Waals surface area contributed by atoms with Crippen LogP contribution in [0, 0.1) is 0 Å². The van der Waals surface area contributed by atoms with Crippen molar-refractivity contribution in [2.45, 2.75) is 16.2 Å². The predicted octanol–water partition coefficient (Wildman–Crippen LogP) is 2.76. The number of anilines is 1. The van der Waals surface area contributed by atoms with Crippen LogP contribution in [0.4, 0.5) is 5.69 Å². The lowest BCUT2D eigenvalue weighted by atomic mass is 10.1. The van der Waals surface area contributed by atoms with Crippen molar-refractivity contribution in [1.29, 1.82) is 0 Å². The summed E-state index contributed by atoms with van der Waals surface area (Å²) in [6, 6.07) is 17.9. The number of primary sulfonamides is 1. The number of para-hydroxylation sites is 1. The molecule has 0 atom stereocenters. The molecule has 32 heavy (non-hydrogen) atoms. The van der Waals surface area contributed by atoms with Crippen molar-refractivity contribution in [3.05, 3.63) is 88.9 Å². The first-order valence-electron chi connectivity index (χ1n) is 9.34. The van der Waals surface area contributed by atoms with Gasteiger partial charge in [0.2, 0.25) is 10.0 Å². The number of carbonyl (C=O) groups is 1. The molecule has 4 N–H and O–H groups in total. The lowest BCUT2D eigenvalue weighted by molar-refractivity contribution is 0.0955. The third-order valence-corrected chi connectivity index (χ3v) is 7.05. The highest BCUT2D eigenvalue weighted by Gasteiger charge is 2.18. The summed E-state index contributed by atoms with van der Waals surface area (Å²) >= 11 is 5.81. The number of carbonyl (C=O) groups excluding carboxylic acids is 1. The fourth-order valence-electron chi connectivity index (χ4n) is 2.85. The van der Waals surface area contributed by atoms with Crippen LogP contribution in [-0.2, 0) is 26.5 Å². The molecule has 11 heteroatoms. The molecule has 8 nitrogen and oxygen atoms in total. The van der Waals surface area contributed by atoms with E-state index in [9.17, 15) is 21.6 Å². The van der Waals surface area contributed by atoms with Crippen LogP contribution in [0.2, 0.25) is 5.02 Å². The molecule has 0 aliphatic carbocycles. The van der Waals surface area contributed by atoms with Crippen molar-refractivity contribution < 1.29 is 21.6 Å². The van der Waals surface area contributed by atoms with Gasteiger partial charge in [-0.15, -0.1) is 0 Å². The van der Waals surface area contributed by atoms with E-state index in [1.807, 2.05) is 0 Å². The molecular weight excluding hydrogens is 474 g/mol. The van der Waals surface area contributed by atoms with E-state index in [1.165, 1.54) is 48.5 Å². The SMILES string of the molecule is NS(=O)(=O)c1ccc(CCNC(=O)c2ccccc2NS(=O)(=O)c2ccc(Cl)cc2)cc1. The Labute approximate surface area is 191 Å². The highest BCUT2D eigenvalue weighted by Crippen LogP contribution is 2.21. The van der Waals surface area contributed by atoms with E-state index >= 15 is 0 Å². The molecule has 0 fully saturated rings. The number of rotatable bonds is 8. The van der Waals surface area contributed by atoms with Gasteiger partial charge in [0.15, 0.2) is 0 Å².